The fourth-order valence-corrected chi connectivity index (χ4v) is 2.96. The first-order valence-electron chi connectivity index (χ1n) is 8.17. The molecule has 1 aliphatic heterocycles. The van der Waals surface area contributed by atoms with Crippen LogP contribution >= 0.6 is 24.0 Å². The van der Waals surface area contributed by atoms with Crippen LogP contribution in [0.5, 0.6) is 5.75 Å². The predicted octanol–water partition coefficient (Wildman–Crippen LogP) is 2.80. The van der Waals surface area contributed by atoms with Gasteiger partial charge in [0.25, 0.3) is 0 Å². The number of halogens is 1. The Bertz CT molecular complexity index is 667. The van der Waals surface area contributed by atoms with Crippen molar-refractivity contribution in [3.8, 4) is 5.75 Å². The molecule has 3 rings (SSSR count). The monoisotopic (exact) mass is 456 g/mol. The second-order valence-corrected chi connectivity index (χ2v) is 5.63. The molecule has 1 aromatic carbocycles. The van der Waals surface area contributed by atoms with Crippen LogP contribution in [0.1, 0.15) is 5.76 Å². The molecule has 0 spiro atoms. The maximum Gasteiger partial charge on any atom is 0.194 e. The number of hydrogen-bond donors (Lipinski definition) is 1. The smallest absolute Gasteiger partial charge is 0.194 e. The molecule has 1 aliphatic rings. The van der Waals surface area contributed by atoms with Crippen molar-refractivity contribution in [1.29, 1.82) is 0 Å². The molecule has 0 bridgehead atoms. The maximum atomic E-state index is 5.47. The molecular formula is C18H25IN4O2. The number of benzene rings is 1. The summed E-state index contributed by atoms with van der Waals surface area (Å²) in [4.78, 5) is 9.02. The molecule has 1 saturated heterocycles. The van der Waals surface area contributed by atoms with Gasteiger partial charge in [0, 0.05) is 33.2 Å². The van der Waals surface area contributed by atoms with Crippen molar-refractivity contribution >= 4 is 35.6 Å². The second kappa shape index (κ2) is 9.55. The van der Waals surface area contributed by atoms with Gasteiger partial charge in [-0.15, -0.1) is 24.0 Å². The van der Waals surface area contributed by atoms with Crippen LogP contribution < -0.4 is 15.0 Å². The molecular weight excluding hydrogens is 431 g/mol. The fourth-order valence-electron chi connectivity index (χ4n) is 2.96. The summed E-state index contributed by atoms with van der Waals surface area (Å²) in [5.74, 6) is 2.74. The molecule has 1 aromatic heterocycles. The number of rotatable bonds is 4. The Labute approximate surface area is 165 Å². The molecule has 7 heteroatoms. The zero-order valence-corrected chi connectivity index (χ0v) is 17.0. The van der Waals surface area contributed by atoms with Crippen molar-refractivity contribution in [3.05, 3.63) is 48.4 Å². The summed E-state index contributed by atoms with van der Waals surface area (Å²) in [6.07, 6.45) is 1.69. The minimum Gasteiger partial charge on any atom is -0.495 e. The highest BCUT2D eigenvalue weighted by Gasteiger charge is 2.21. The number of hydrogen-bond acceptors (Lipinski definition) is 4. The van der Waals surface area contributed by atoms with Crippen LogP contribution in [0.15, 0.2) is 52.1 Å². The fraction of sp³-hybridized carbons (Fsp3) is 0.389. The van der Waals surface area contributed by atoms with Gasteiger partial charge in [-0.1, -0.05) is 12.1 Å². The highest BCUT2D eigenvalue weighted by atomic mass is 127. The minimum absolute atomic E-state index is 0. The largest absolute Gasteiger partial charge is 0.495 e. The van der Waals surface area contributed by atoms with Gasteiger partial charge in [0.1, 0.15) is 11.5 Å². The summed E-state index contributed by atoms with van der Waals surface area (Å²) in [7, 11) is 3.53. The van der Waals surface area contributed by atoms with Crippen LogP contribution in [-0.2, 0) is 6.54 Å². The van der Waals surface area contributed by atoms with Gasteiger partial charge in [0.05, 0.1) is 25.6 Å². The lowest BCUT2D eigenvalue weighted by Crippen LogP contribution is -2.52. The number of anilines is 1. The number of piperazine rings is 1. The van der Waals surface area contributed by atoms with E-state index >= 15 is 0 Å². The summed E-state index contributed by atoms with van der Waals surface area (Å²) in [6.45, 7) is 4.34. The Hall–Kier alpha value is -1.90. The summed E-state index contributed by atoms with van der Waals surface area (Å²) >= 11 is 0. The summed E-state index contributed by atoms with van der Waals surface area (Å²) in [5.41, 5.74) is 1.15. The first-order chi connectivity index (χ1) is 11.8. The third-order valence-electron chi connectivity index (χ3n) is 4.22. The molecule has 0 aliphatic carbocycles. The predicted molar refractivity (Wildman–Crippen MR) is 111 cm³/mol. The molecule has 1 fully saturated rings. The third-order valence-corrected chi connectivity index (χ3v) is 4.22. The molecule has 0 saturated carbocycles. The molecule has 1 N–H and O–H groups in total. The van der Waals surface area contributed by atoms with Gasteiger partial charge in [-0.05, 0) is 24.3 Å². The number of nitrogens with zero attached hydrogens (tertiary/aromatic N) is 3. The van der Waals surface area contributed by atoms with Gasteiger partial charge in [-0.2, -0.15) is 0 Å². The standard InChI is InChI=1S/C18H24N4O2.HI/c1-19-18(20-14-15-6-5-13-24-15)22-11-9-21(10-12-22)16-7-3-4-8-17(16)23-2;/h3-8,13H,9-12,14H2,1-2H3,(H,19,20);1H. The number of methoxy groups -OCH3 is 1. The molecule has 2 aromatic rings. The normalized spacial score (nSPS) is 14.9. The average Bonchev–Trinajstić information content (AvgIpc) is 3.16. The molecule has 6 nitrogen and oxygen atoms in total. The van der Waals surface area contributed by atoms with E-state index in [1.54, 1.807) is 13.4 Å². The van der Waals surface area contributed by atoms with Crippen LogP contribution in [-0.4, -0.2) is 51.2 Å². The van der Waals surface area contributed by atoms with Crippen molar-refractivity contribution in [3.63, 3.8) is 0 Å². The van der Waals surface area contributed by atoms with E-state index < -0.39 is 0 Å². The van der Waals surface area contributed by atoms with E-state index in [4.69, 9.17) is 9.15 Å². The van der Waals surface area contributed by atoms with E-state index in [2.05, 4.69) is 26.2 Å². The summed E-state index contributed by atoms with van der Waals surface area (Å²) < 4.78 is 10.8. The van der Waals surface area contributed by atoms with Crippen LogP contribution in [0, 0.1) is 0 Å². The van der Waals surface area contributed by atoms with E-state index in [-0.39, 0.29) is 24.0 Å². The number of nitrogens with one attached hydrogen (secondary N) is 1. The average molecular weight is 456 g/mol. The van der Waals surface area contributed by atoms with Crippen molar-refractivity contribution in [2.75, 3.05) is 45.2 Å². The number of furan rings is 1. The Balaban J connectivity index is 0.00000225. The van der Waals surface area contributed by atoms with Crippen molar-refractivity contribution in [2.45, 2.75) is 6.54 Å². The zero-order chi connectivity index (χ0) is 16.8. The van der Waals surface area contributed by atoms with Gasteiger partial charge in [0.15, 0.2) is 5.96 Å². The van der Waals surface area contributed by atoms with E-state index in [1.165, 1.54) is 0 Å². The van der Waals surface area contributed by atoms with Gasteiger partial charge in [0.2, 0.25) is 0 Å². The summed E-state index contributed by atoms with van der Waals surface area (Å²) in [5, 5.41) is 3.36. The number of aliphatic imine (C=N–C) groups is 1. The lowest BCUT2D eigenvalue weighted by molar-refractivity contribution is 0.365. The number of para-hydroxylation sites is 2. The van der Waals surface area contributed by atoms with Crippen molar-refractivity contribution in [1.82, 2.24) is 10.2 Å². The second-order valence-electron chi connectivity index (χ2n) is 5.63. The van der Waals surface area contributed by atoms with Gasteiger partial charge >= 0.3 is 0 Å². The number of ether oxygens (including phenoxy) is 1. The van der Waals surface area contributed by atoms with Gasteiger partial charge < -0.3 is 24.3 Å². The minimum atomic E-state index is 0. The highest BCUT2D eigenvalue weighted by Crippen LogP contribution is 2.28. The van der Waals surface area contributed by atoms with Crippen LogP contribution in [0.25, 0.3) is 0 Å². The molecule has 0 radical (unpaired) electrons. The molecule has 0 unspecified atom stereocenters. The van der Waals surface area contributed by atoms with Crippen molar-refractivity contribution in [2.24, 2.45) is 4.99 Å². The van der Waals surface area contributed by atoms with Crippen LogP contribution in [0.4, 0.5) is 5.69 Å². The van der Waals surface area contributed by atoms with E-state index in [0.717, 1.165) is 49.3 Å². The van der Waals surface area contributed by atoms with Crippen LogP contribution in [0.3, 0.4) is 0 Å². The SMILES string of the molecule is CN=C(NCc1ccco1)N1CCN(c2ccccc2OC)CC1.I. The highest BCUT2D eigenvalue weighted by molar-refractivity contribution is 14.0. The van der Waals surface area contributed by atoms with Gasteiger partial charge in [-0.25, -0.2) is 0 Å². The molecule has 0 amide bonds. The van der Waals surface area contributed by atoms with Crippen molar-refractivity contribution < 1.29 is 9.15 Å². The maximum absolute atomic E-state index is 5.47. The lowest BCUT2D eigenvalue weighted by atomic mass is 10.2. The Morgan fingerprint density at radius 2 is 1.92 bits per heavy atom. The Morgan fingerprint density at radius 3 is 2.56 bits per heavy atom. The Kier molecular flexibility index (Phi) is 7.42. The molecule has 136 valence electrons. The molecule has 2 heterocycles. The van der Waals surface area contributed by atoms with E-state index in [1.807, 2.05) is 37.4 Å². The third kappa shape index (κ3) is 4.81. The van der Waals surface area contributed by atoms with Crippen LogP contribution in [0.2, 0.25) is 0 Å². The topological polar surface area (TPSA) is 53.2 Å². The molecule has 0 atom stereocenters. The quantitative estimate of drug-likeness (QED) is 0.436. The first-order valence-corrected chi connectivity index (χ1v) is 8.17. The lowest BCUT2D eigenvalue weighted by Gasteiger charge is -2.38. The zero-order valence-electron chi connectivity index (χ0n) is 14.6. The van der Waals surface area contributed by atoms with E-state index in [0.29, 0.717) is 6.54 Å². The van der Waals surface area contributed by atoms with Gasteiger partial charge in [-0.3, -0.25) is 4.99 Å². The summed E-state index contributed by atoms with van der Waals surface area (Å²) in [6, 6.07) is 12.0. The first kappa shape index (κ1) is 19.4. The Morgan fingerprint density at radius 1 is 1.16 bits per heavy atom. The number of guanidine groups is 1. The molecule has 25 heavy (non-hydrogen) atoms. The van der Waals surface area contributed by atoms with E-state index in [9.17, 15) is 0 Å².